The number of hydrogen-bond acceptors (Lipinski definition) is 2. The maximum atomic E-state index is 10.5. The Kier molecular flexibility index (Phi) is 3.06. The van der Waals surface area contributed by atoms with Crippen LogP contribution in [0.1, 0.15) is 26.2 Å². The predicted octanol–water partition coefficient (Wildman–Crippen LogP) is 1.31. The Morgan fingerprint density at radius 2 is 2.36 bits per heavy atom. The summed E-state index contributed by atoms with van der Waals surface area (Å²) in [6, 6.07) is 0.201. The Balaban J connectivity index is 2.36. The summed E-state index contributed by atoms with van der Waals surface area (Å²) in [7, 11) is 2.04. The largest absolute Gasteiger partial charge is 0.302 e. The number of hydrogen-bond donors (Lipinski definition) is 0. The molecule has 64 valence electrons. The van der Waals surface area contributed by atoms with Crippen molar-refractivity contribution in [3.8, 4) is 0 Å². The van der Waals surface area contributed by atoms with Gasteiger partial charge in [-0.15, -0.1) is 0 Å². The third kappa shape index (κ3) is 2.03. The first kappa shape index (κ1) is 8.72. The van der Waals surface area contributed by atoms with Gasteiger partial charge in [-0.3, -0.25) is 4.90 Å². The highest BCUT2D eigenvalue weighted by molar-refractivity contribution is 5.58. The summed E-state index contributed by atoms with van der Waals surface area (Å²) in [6.45, 7) is 3.31. The first-order chi connectivity index (χ1) is 5.27. The van der Waals surface area contributed by atoms with Crippen molar-refractivity contribution in [1.82, 2.24) is 4.90 Å². The lowest BCUT2D eigenvalue weighted by Crippen LogP contribution is -2.25. The van der Waals surface area contributed by atoms with E-state index in [2.05, 4.69) is 11.8 Å². The lowest BCUT2D eigenvalue weighted by Gasteiger charge is -2.11. The third-order valence-corrected chi connectivity index (χ3v) is 2.54. The van der Waals surface area contributed by atoms with Gasteiger partial charge >= 0.3 is 0 Å². The van der Waals surface area contributed by atoms with Crippen molar-refractivity contribution in [1.29, 1.82) is 0 Å². The summed E-state index contributed by atoms with van der Waals surface area (Å²) in [6.07, 6.45) is 4.67. The molecule has 0 spiro atoms. The van der Waals surface area contributed by atoms with Crippen LogP contribution in [0, 0.1) is 5.92 Å². The van der Waals surface area contributed by atoms with Crippen molar-refractivity contribution in [2.75, 3.05) is 13.6 Å². The van der Waals surface area contributed by atoms with Crippen LogP contribution in [0.5, 0.6) is 0 Å². The zero-order valence-corrected chi connectivity index (χ0v) is 7.42. The van der Waals surface area contributed by atoms with Crippen LogP contribution in [0.4, 0.5) is 0 Å². The van der Waals surface area contributed by atoms with Gasteiger partial charge in [-0.05, 0) is 25.8 Å². The minimum absolute atomic E-state index is 0.201. The predicted molar refractivity (Wildman–Crippen MR) is 45.5 cm³/mol. The van der Waals surface area contributed by atoms with Crippen molar-refractivity contribution in [3.05, 3.63) is 0 Å². The average Bonchev–Trinajstić information content (AvgIpc) is 2.32. The topological polar surface area (TPSA) is 20.3 Å². The van der Waals surface area contributed by atoms with Gasteiger partial charge in [-0.2, -0.15) is 0 Å². The maximum Gasteiger partial charge on any atom is 0.137 e. The molecule has 11 heavy (non-hydrogen) atoms. The monoisotopic (exact) mass is 155 g/mol. The van der Waals surface area contributed by atoms with Crippen LogP contribution in [-0.2, 0) is 4.79 Å². The van der Waals surface area contributed by atoms with Gasteiger partial charge in [0.15, 0.2) is 0 Å². The van der Waals surface area contributed by atoms with Gasteiger partial charge < -0.3 is 4.79 Å². The molecule has 2 heteroatoms. The van der Waals surface area contributed by atoms with E-state index in [1.807, 2.05) is 7.05 Å². The Morgan fingerprint density at radius 3 is 2.82 bits per heavy atom. The molecule has 0 amide bonds. The van der Waals surface area contributed by atoms with Gasteiger partial charge in [-0.25, -0.2) is 0 Å². The molecule has 0 aromatic carbocycles. The van der Waals surface area contributed by atoms with Crippen LogP contribution < -0.4 is 0 Å². The molecule has 1 aliphatic rings. The molecule has 1 aliphatic heterocycles. The molecule has 0 aromatic rings. The second-order valence-corrected chi connectivity index (χ2v) is 3.53. The molecule has 0 saturated carbocycles. The Morgan fingerprint density at radius 1 is 1.64 bits per heavy atom. The maximum absolute atomic E-state index is 10.5. The van der Waals surface area contributed by atoms with Gasteiger partial charge in [0.25, 0.3) is 0 Å². The van der Waals surface area contributed by atoms with Crippen molar-refractivity contribution in [2.24, 2.45) is 5.92 Å². The first-order valence-corrected chi connectivity index (χ1v) is 4.43. The summed E-state index contributed by atoms with van der Waals surface area (Å²) < 4.78 is 0. The van der Waals surface area contributed by atoms with Crippen molar-refractivity contribution in [3.63, 3.8) is 0 Å². The SMILES string of the molecule is CCC[C@H]1CC(C=O)N(C)C1. The van der Waals surface area contributed by atoms with Crippen LogP contribution in [0.3, 0.4) is 0 Å². The van der Waals surface area contributed by atoms with Crippen LogP contribution >= 0.6 is 0 Å². The van der Waals surface area contributed by atoms with Crippen molar-refractivity contribution < 1.29 is 4.79 Å². The molecule has 0 radical (unpaired) electrons. The minimum atomic E-state index is 0.201. The number of nitrogens with zero attached hydrogens (tertiary/aromatic N) is 1. The molecule has 0 bridgehead atoms. The van der Waals surface area contributed by atoms with E-state index in [0.717, 1.165) is 25.2 Å². The van der Waals surface area contributed by atoms with Crippen molar-refractivity contribution in [2.45, 2.75) is 32.2 Å². The van der Waals surface area contributed by atoms with Gasteiger partial charge in [0.1, 0.15) is 6.29 Å². The lowest BCUT2D eigenvalue weighted by atomic mass is 10.0. The summed E-state index contributed by atoms with van der Waals surface area (Å²) in [5, 5.41) is 0. The summed E-state index contributed by atoms with van der Waals surface area (Å²) in [5.41, 5.74) is 0. The average molecular weight is 155 g/mol. The summed E-state index contributed by atoms with van der Waals surface area (Å²) >= 11 is 0. The number of rotatable bonds is 3. The van der Waals surface area contributed by atoms with Crippen LogP contribution in [0.2, 0.25) is 0 Å². The fourth-order valence-electron chi connectivity index (χ4n) is 1.92. The van der Waals surface area contributed by atoms with E-state index in [4.69, 9.17) is 0 Å². The number of aldehydes is 1. The van der Waals surface area contributed by atoms with Gasteiger partial charge in [0.2, 0.25) is 0 Å². The Bertz CT molecular complexity index is 136. The van der Waals surface area contributed by atoms with E-state index in [1.165, 1.54) is 12.8 Å². The molecular weight excluding hydrogens is 138 g/mol. The van der Waals surface area contributed by atoms with E-state index in [-0.39, 0.29) is 6.04 Å². The molecule has 0 aromatic heterocycles. The van der Waals surface area contributed by atoms with Crippen LogP contribution in [0.15, 0.2) is 0 Å². The molecule has 2 atom stereocenters. The fourth-order valence-corrected chi connectivity index (χ4v) is 1.92. The lowest BCUT2D eigenvalue weighted by molar-refractivity contribution is -0.111. The second kappa shape index (κ2) is 3.86. The third-order valence-electron chi connectivity index (χ3n) is 2.54. The first-order valence-electron chi connectivity index (χ1n) is 4.43. The molecule has 0 N–H and O–H groups in total. The van der Waals surface area contributed by atoms with E-state index in [0.29, 0.717) is 0 Å². The van der Waals surface area contributed by atoms with Crippen molar-refractivity contribution >= 4 is 6.29 Å². The minimum Gasteiger partial charge on any atom is -0.302 e. The van der Waals surface area contributed by atoms with Crippen LogP contribution in [-0.4, -0.2) is 30.8 Å². The summed E-state index contributed by atoms with van der Waals surface area (Å²) in [4.78, 5) is 12.7. The van der Waals surface area contributed by atoms with E-state index < -0.39 is 0 Å². The second-order valence-electron chi connectivity index (χ2n) is 3.53. The molecular formula is C9H17NO. The molecule has 2 nitrogen and oxygen atoms in total. The smallest absolute Gasteiger partial charge is 0.137 e. The molecule has 1 unspecified atom stereocenters. The zero-order chi connectivity index (χ0) is 8.27. The van der Waals surface area contributed by atoms with E-state index in [9.17, 15) is 4.79 Å². The number of likely N-dealkylation sites (tertiary alicyclic amines) is 1. The van der Waals surface area contributed by atoms with Gasteiger partial charge in [-0.1, -0.05) is 13.3 Å². The molecule has 1 fully saturated rings. The Labute approximate surface area is 68.6 Å². The normalized spacial score (nSPS) is 32.5. The van der Waals surface area contributed by atoms with E-state index in [1.54, 1.807) is 0 Å². The van der Waals surface area contributed by atoms with Gasteiger partial charge in [0.05, 0.1) is 6.04 Å². The summed E-state index contributed by atoms with van der Waals surface area (Å²) in [5.74, 6) is 0.764. The number of carbonyl (C=O) groups excluding carboxylic acids is 1. The molecule has 1 saturated heterocycles. The Hall–Kier alpha value is -0.370. The molecule has 1 heterocycles. The highest BCUT2D eigenvalue weighted by atomic mass is 16.1. The highest BCUT2D eigenvalue weighted by Gasteiger charge is 2.27. The van der Waals surface area contributed by atoms with E-state index >= 15 is 0 Å². The molecule has 1 rings (SSSR count). The quantitative estimate of drug-likeness (QED) is 0.573. The zero-order valence-electron chi connectivity index (χ0n) is 7.42. The van der Waals surface area contributed by atoms with Gasteiger partial charge in [0, 0.05) is 6.54 Å². The number of carbonyl (C=O) groups is 1. The highest BCUT2D eigenvalue weighted by Crippen LogP contribution is 2.23. The fraction of sp³-hybridized carbons (Fsp3) is 0.889. The van der Waals surface area contributed by atoms with Crippen LogP contribution in [0.25, 0.3) is 0 Å². The molecule has 0 aliphatic carbocycles. The number of likely N-dealkylation sites (N-methyl/N-ethyl adjacent to an activating group) is 1. The standard InChI is InChI=1S/C9H17NO/c1-3-4-8-5-9(7-11)10(2)6-8/h7-9H,3-6H2,1-2H3/t8-,9?/m0/s1.